The Hall–Kier alpha value is -2.10. The first kappa shape index (κ1) is 40.9. The fourth-order valence-electron chi connectivity index (χ4n) is 5.95. The van der Waals surface area contributed by atoms with Crippen LogP contribution in [0.2, 0.25) is 0 Å². The molecule has 0 heterocycles. The Morgan fingerprint density at radius 3 is 1.58 bits per heavy atom. The molecule has 1 rings (SSSR count). The number of rotatable bonds is 28. The Morgan fingerprint density at radius 2 is 1.09 bits per heavy atom. The van der Waals surface area contributed by atoms with Crippen molar-refractivity contribution in [3.8, 4) is 0 Å². The molecule has 258 valence electrons. The summed E-state index contributed by atoms with van der Waals surface area (Å²) in [7, 11) is 0. The topological polar surface area (TPSA) is 52.6 Å². The molecule has 0 radical (unpaired) electrons. The third kappa shape index (κ3) is 19.9. The molecular weight excluding hydrogens is 556 g/mol. The zero-order valence-electron chi connectivity index (χ0n) is 30.2. The molecule has 0 fully saturated rings. The lowest BCUT2D eigenvalue weighted by Crippen LogP contribution is -2.24. The molecule has 45 heavy (non-hydrogen) atoms. The maximum atomic E-state index is 13.4. The Kier molecular flexibility index (Phi) is 24.6. The van der Waals surface area contributed by atoms with Gasteiger partial charge in [-0.05, 0) is 50.9 Å². The summed E-state index contributed by atoms with van der Waals surface area (Å²) in [6, 6.07) is 0. The highest BCUT2D eigenvalue weighted by Gasteiger charge is 2.32. The molecule has 0 aromatic heterocycles. The van der Waals surface area contributed by atoms with Crippen LogP contribution in [0.3, 0.4) is 0 Å². The Morgan fingerprint density at radius 1 is 0.644 bits per heavy atom. The van der Waals surface area contributed by atoms with Crippen LogP contribution in [0.5, 0.6) is 0 Å². The van der Waals surface area contributed by atoms with Crippen molar-refractivity contribution < 1.29 is 19.1 Å². The van der Waals surface area contributed by atoms with Gasteiger partial charge in [0.05, 0.1) is 24.4 Å². The molecule has 0 aromatic carbocycles. The van der Waals surface area contributed by atoms with Crippen molar-refractivity contribution in [3.63, 3.8) is 0 Å². The quantitative estimate of drug-likeness (QED) is 0.0492. The monoisotopic (exact) mass is 627 g/mol. The highest BCUT2D eigenvalue weighted by Crippen LogP contribution is 2.40. The minimum absolute atomic E-state index is 0.105. The van der Waals surface area contributed by atoms with E-state index in [9.17, 15) is 9.59 Å². The largest absolute Gasteiger partial charge is 0.462 e. The number of allylic oxidation sites excluding steroid dienone is 6. The summed E-state index contributed by atoms with van der Waals surface area (Å²) >= 11 is 0. The van der Waals surface area contributed by atoms with E-state index >= 15 is 0 Å². The van der Waals surface area contributed by atoms with E-state index in [4.69, 9.17) is 9.47 Å². The molecule has 0 aliphatic heterocycles. The Bertz CT molecular complexity index is 904. The van der Waals surface area contributed by atoms with Crippen molar-refractivity contribution in [2.45, 2.75) is 182 Å². The van der Waals surface area contributed by atoms with Gasteiger partial charge in [0.1, 0.15) is 0 Å². The van der Waals surface area contributed by atoms with Gasteiger partial charge in [0.15, 0.2) is 0 Å². The molecule has 0 bridgehead atoms. The molecule has 0 aromatic rings. The van der Waals surface area contributed by atoms with E-state index < -0.39 is 0 Å². The van der Waals surface area contributed by atoms with Gasteiger partial charge in [0.2, 0.25) is 0 Å². The lowest BCUT2D eigenvalue weighted by molar-refractivity contribution is -0.142. The highest BCUT2D eigenvalue weighted by atomic mass is 16.5. The predicted octanol–water partition coefficient (Wildman–Crippen LogP) is 12.5. The van der Waals surface area contributed by atoms with Crippen molar-refractivity contribution in [1.82, 2.24) is 0 Å². The van der Waals surface area contributed by atoms with E-state index in [0.717, 1.165) is 44.9 Å². The number of esters is 2. The zero-order valence-corrected chi connectivity index (χ0v) is 30.2. The van der Waals surface area contributed by atoms with Crippen LogP contribution >= 0.6 is 0 Å². The second kappa shape index (κ2) is 27.1. The van der Waals surface area contributed by atoms with Gasteiger partial charge in [-0.15, -0.1) is 0 Å². The average Bonchev–Trinajstić information content (AvgIpc) is 3.04. The van der Waals surface area contributed by atoms with Crippen LogP contribution in [0.25, 0.3) is 0 Å². The first-order valence-electron chi connectivity index (χ1n) is 18.9. The summed E-state index contributed by atoms with van der Waals surface area (Å²) in [5.74, 6) is -0.686. The molecule has 0 spiro atoms. The second-order valence-electron chi connectivity index (χ2n) is 13.7. The standard InChI is InChI=1S/C41H70O4/c1-6-9-12-15-18-20-22-25-28-33-44-39(42)37-31-30-36(41(4,5)32-27-24-17-14-11-8-3)35-38(37)40(43)45-34-29-26-23-21-19-16-13-10-7-2/h8,11,24,27,30H,6-7,9-10,12-23,25-26,28-29,31-35H2,1-5H3/b11-8?,27-24+. The lowest BCUT2D eigenvalue weighted by atomic mass is 9.74. The molecule has 1 aliphatic carbocycles. The Labute approximate surface area is 278 Å². The fourth-order valence-corrected chi connectivity index (χ4v) is 5.95. The predicted molar refractivity (Wildman–Crippen MR) is 192 cm³/mol. The van der Waals surface area contributed by atoms with Gasteiger partial charge in [0.25, 0.3) is 0 Å². The average molecular weight is 627 g/mol. The number of carbonyl (C=O) groups is 2. The third-order valence-corrected chi connectivity index (χ3v) is 9.14. The summed E-state index contributed by atoms with van der Waals surface area (Å²) in [5, 5.41) is 0. The zero-order chi connectivity index (χ0) is 33.0. The van der Waals surface area contributed by atoms with Crippen molar-refractivity contribution in [3.05, 3.63) is 47.1 Å². The van der Waals surface area contributed by atoms with Crippen LogP contribution in [0.1, 0.15) is 182 Å². The molecule has 0 amide bonds. The van der Waals surface area contributed by atoms with Gasteiger partial charge in [-0.3, -0.25) is 0 Å². The first-order valence-corrected chi connectivity index (χ1v) is 18.9. The number of hydrogen-bond acceptors (Lipinski definition) is 4. The van der Waals surface area contributed by atoms with Crippen LogP contribution in [-0.4, -0.2) is 25.2 Å². The summed E-state index contributed by atoms with van der Waals surface area (Å²) in [5.41, 5.74) is 2.09. The second-order valence-corrected chi connectivity index (χ2v) is 13.7. The van der Waals surface area contributed by atoms with Crippen LogP contribution < -0.4 is 0 Å². The molecular formula is C41H70O4. The summed E-state index contributed by atoms with van der Waals surface area (Å²) in [4.78, 5) is 26.6. The van der Waals surface area contributed by atoms with Gasteiger partial charge in [-0.25, -0.2) is 9.59 Å². The van der Waals surface area contributed by atoms with Crippen LogP contribution in [0.15, 0.2) is 47.1 Å². The van der Waals surface area contributed by atoms with E-state index in [-0.39, 0.29) is 17.4 Å². The summed E-state index contributed by atoms with van der Waals surface area (Å²) < 4.78 is 11.5. The smallest absolute Gasteiger partial charge is 0.334 e. The number of ether oxygens (including phenoxy) is 2. The van der Waals surface area contributed by atoms with E-state index in [2.05, 4.69) is 65.0 Å². The van der Waals surface area contributed by atoms with Crippen LogP contribution in [0.4, 0.5) is 0 Å². The minimum Gasteiger partial charge on any atom is -0.462 e. The maximum Gasteiger partial charge on any atom is 0.334 e. The SMILES string of the molecule is CC=CCC/C=C/CC(C)(C)C1=CCC(C(=O)OCCCCCCCCCCC)=C(C(=O)OCCCCCCCCCCC)C1. The Balaban J connectivity index is 2.67. The first-order chi connectivity index (χ1) is 21.9. The van der Waals surface area contributed by atoms with E-state index in [0.29, 0.717) is 37.2 Å². The van der Waals surface area contributed by atoms with Crippen molar-refractivity contribution in [2.24, 2.45) is 5.41 Å². The van der Waals surface area contributed by atoms with E-state index in [1.165, 1.54) is 95.5 Å². The molecule has 0 saturated heterocycles. The van der Waals surface area contributed by atoms with E-state index in [1.54, 1.807) is 0 Å². The molecule has 0 atom stereocenters. The molecule has 0 unspecified atom stereocenters. The molecule has 0 N–H and O–H groups in total. The lowest BCUT2D eigenvalue weighted by Gasteiger charge is -2.31. The van der Waals surface area contributed by atoms with Crippen molar-refractivity contribution >= 4 is 11.9 Å². The summed E-state index contributed by atoms with van der Waals surface area (Å²) in [6.45, 7) is 11.8. The van der Waals surface area contributed by atoms with Crippen molar-refractivity contribution in [1.29, 1.82) is 0 Å². The minimum atomic E-state index is -0.346. The molecule has 1 aliphatic rings. The number of hydrogen-bond donors (Lipinski definition) is 0. The molecule has 0 saturated carbocycles. The van der Waals surface area contributed by atoms with Gasteiger partial charge in [0, 0.05) is 6.42 Å². The normalized spacial score (nSPS) is 14.0. The van der Waals surface area contributed by atoms with Crippen LogP contribution in [0, 0.1) is 5.41 Å². The van der Waals surface area contributed by atoms with Crippen molar-refractivity contribution in [2.75, 3.05) is 13.2 Å². The third-order valence-electron chi connectivity index (χ3n) is 9.14. The fraction of sp³-hybridized carbons (Fsp3) is 0.756. The van der Waals surface area contributed by atoms with Gasteiger partial charge < -0.3 is 9.47 Å². The van der Waals surface area contributed by atoms with Crippen LogP contribution in [-0.2, 0) is 19.1 Å². The van der Waals surface area contributed by atoms with Gasteiger partial charge in [-0.1, -0.05) is 166 Å². The van der Waals surface area contributed by atoms with Gasteiger partial charge >= 0.3 is 11.9 Å². The number of unbranched alkanes of at least 4 members (excludes halogenated alkanes) is 17. The summed E-state index contributed by atoms with van der Waals surface area (Å²) in [6.07, 6.45) is 36.8. The molecule has 4 nitrogen and oxygen atoms in total. The highest BCUT2D eigenvalue weighted by molar-refractivity contribution is 6.01. The van der Waals surface area contributed by atoms with Gasteiger partial charge in [-0.2, -0.15) is 0 Å². The van der Waals surface area contributed by atoms with E-state index in [1.807, 2.05) is 0 Å². The molecule has 4 heteroatoms. The number of carbonyl (C=O) groups excluding carboxylic acids is 2. The maximum absolute atomic E-state index is 13.4.